The Labute approximate surface area is 272 Å². The molecule has 3 amide bonds. The van der Waals surface area contributed by atoms with Gasteiger partial charge in [0.25, 0.3) is 0 Å². The highest BCUT2D eigenvalue weighted by molar-refractivity contribution is 7.99. The van der Waals surface area contributed by atoms with Gasteiger partial charge >= 0.3 is 6.03 Å². The van der Waals surface area contributed by atoms with Crippen molar-refractivity contribution in [2.24, 2.45) is 0 Å². The van der Waals surface area contributed by atoms with Crippen LogP contribution in [0.4, 0.5) is 16.2 Å². The van der Waals surface area contributed by atoms with Crippen molar-refractivity contribution < 1.29 is 24.9 Å². The second-order valence-corrected chi connectivity index (χ2v) is 13.6. The van der Waals surface area contributed by atoms with Gasteiger partial charge in [-0.05, 0) is 67.5 Å². The topological polar surface area (TPSA) is 129 Å². The van der Waals surface area contributed by atoms with Gasteiger partial charge in [0.05, 0.1) is 37.2 Å². The summed E-state index contributed by atoms with van der Waals surface area (Å²) in [5.41, 5.74) is 2.50. The quantitative estimate of drug-likeness (QED) is 0.206. The largest absolute Gasteiger partial charge is 0.394 e. The number of carbonyl (C=O) groups excluding carboxylic acids is 2. The van der Waals surface area contributed by atoms with Crippen LogP contribution < -0.4 is 20.4 Å². The van der Waals surface area contributed by atoms with Crippen molar-refractivity contribution in [2.75, 3.05) is 60.9 Å². The summed E-state index contributed by atoms with van der Waals surface area (Å²) in [5.74, 6) is 1.61. The summed E-state index contributed by atoms with van der Waals surface area (Å²) >= 11 is 15.2. The lowest BCUT2D eigenvalue weighted by atomic mass is 10.0. The number of hydrogen-bond donors (Lipinski definition) is 5. The summed E-state index contributed by atoms with van der Waals surface area (Å²) in [4.78, 5) is 32.6. The van der Waals surface area contributed by atoms with Crippen LogP contribution in [0.15, 0.2) is 36.4 Å². The second-order valence-electron chi connectivity index (χ2n) is 11.8. The molecule has 1 aliphatic carbocycles. The first kappa shape index (κ1) is 33.1. The Morgan fingerprint density at radius 1 is 0.955 bits per heavy atom. The van der Waals surface area contributed by atoms with Gasteiger partial charge in [0, 0.05) is 53.9 Å². The van der Waals surface area contributed by atoms with Gasteiger partial charge in [-0.15, -0.1) is 11.8 Å². The Bertz CT molecular complexity index is 1320. The van der Waals surface area contributed by atoms with Crippen LogP contribution in [0.5, 0.6) is 0 Å². The Balaban J connectivity index is 1.14. The number of fused-ring (bicyclic) bond motifs is 1. The van der Waals surface area contributed by atoms with E-state index in [9.17, 15) is 24.9 Å². The zero-order chi connectivity index (χ0) is 31.3. The number of aryl methyl sites for hydroxylation is 1. The molecule has 44 heavy (non-hydrogen) atoms. The van der Waals surface area contributed by atoms with Gasteiger partial charge in [-0.25, -0.2) is 4.79 Å². The maximum Gasteiger partial charge on any atom is 0.315 e. The molecule has 3 aliphatic rings. The average molecular weight is 667 g/mol. The molecule has 0 spiro atoms. The van der Waals surface area contributed by atoms with Crippen molar-refractivity contribution in [3.05, 3.63) is 57.6 Å². The Kier molecular flexibility index (Phi) is 11.2. The van der Waals surface area contributed by atoms with Gasteiger partial charge in [-0.1, -0.05) is 35.3 Å². The molecule has 0 bridgehead atoms. The van der Waals surface area contributed by atoms with Gasteiger partial charge in [0.15, 0.2) is 0 Å². The number of aliphatic hydroxyl groups excluding tert-OH is 3. The number of carbonyl (C=O) groups is 2. The molecule has 2 aromatic rings. The van der Waals surface area contributed by atoms with Gasteiger partial charge in [0.2, 0.25) is 5.91 Å². The van der Waals surface area contributed by atoms with Gasteiger partial charge in [-0.3, -0.25) is 9.69 Å². The first-order valence-corrected chi connectivity index (χ1v) is 17.0. The molecule has 1 saturated heterocycles. The molecule has 0 unspecified atom stereocenters. The molecule has 0 aromatic heterocycles. The smallest absolute Gasteiger partial charge is 0.315 e. The number of aliphatic hydroxyl groups is 3. The SMILES string of the molecule is O=C(NCCCCc1cc(Cl)c(CN2CSC[C@H]2C(=O)N2CCN(C3CC3)c3ccccc32)cc1Cl)NC(CO)(CO)CO. The van der Waals surface area contributed by atoms with Gasteiger partial charge in [0.1, 0.15) is 5.54 Å². The van der Waals surface area contributed by atoms with E-state index in [-0.39, 0.29) is 11.9 Å². The molecule has 1 saturated carbocycles. The summed E-state index contributed by atoms with van der Waals surface area (Å²) in [5, 5.41) is 34.4. The van der Waals surface area contributed by atoms with E-state index in [0.717, 1.165) is 47.1 Å². The molecule has 2 fully saturated rings. The highest BCUT2D eigenvalue weighted by Gasteiger charge is 2.40. The monoisotopic (exact) mass is 665 g/mol. The number of unbranched alkanes of at least 4 members (excludes halogenated alkanes) is 1. The lowest BCUT2D eigenvalue weighted by molar-refractivity contribution is -0.122. The van der Waals surface area contributed by atoms with Crippen molar-refractivity contribution >= 4 is 58.3 Å². The second kappa shape index (κ2) is 14.9. The number of para-hydroxylation sites is 2. The Morgan fingerprint density at radius 2 is 1.64 bits per heavy atom. The number of halogens is 2. The number of rotatable bonds is 13. The van der Waals surface area contributed by atoms with E-state index in [0.29, 0.717) is 48.6 Å². The molecular weight excluding hydrogens is 625 g/mol. The van der Waals surface area contributed by atoms with E-state index in [4.69, 9.17) is 23.2 Å². The van der Waals surface area contributed by atoms with E-state index < -0.39 is 31.4 Å². The van der Waals surface area contributed by atoms with E-state index in [1.54, 1.807) is 11.8 Å². The van der Waals surface area contributed by atoms with Gasteiger partial charge in [-0.2, -0.15) is 0 Å². The van der Waals surface area contributed by atoms with E-state index in [1.165, 1.54) is 12.8 Å². The summed E-state index contributed by atoms with van der Waals surface area (Å²) < 4.78 is 0. The molecule has 2 aliphatic heterocycles. The number of urea groups is 1. The molecule has 2 aromatic carbocycles. The molecule has 0 radical (unpaired) electrons. The summed E-state index contributed by atoms with van der Waals surface area (Å²) in [6, 6.07) is 11.8. The Morgan fingerprint density at radius 3 is 2.34 bits per heavy atom. The first-order valence-electron chi connectivity index (χ1n) is 15.1. The summed E-state index contributed by atoms with van der Waals surface area (Å²) in [6.07, 6.45) is 4.52. The molecule has 1 atom stereocenters. The molecule has 240 valence electrons. The normalized spacial score (nSPS) is 18.8. The van der Waals surface area contributed by atoms with Crippen LogP contribution in [0.2, 0.25) is 10.0 Å². The highest BCUT2D eigenvalue weighted by atomic mass is 35.5. The van der Waals surface area contributed by atoms with Crippen LogP contribution in [-0.2, 0) is 17.8 Å². The van der Waals surface area contributed by atoms with Crippen LogP contribution in [0, 0.1) is 0 Å². The third kappa shape index (κ3) is 7.58. The fourth-order valence-corrected chi connectivity index (χ4v) is 7.49. The minimum Gasteiger partial charge on any atom is -0.394 e. The highest BCUT2D eigenvalue weighted by Crippen LogP contribution is 2.41. The summed E-state index contributed by atoms with van der Waals surface area (Å²) in [7, 11) is 0. The number of benzene rings is 2. The number of nitrogens with zero attached hydrogens (tertiary/aromatic N) is 3. The van der Waals surface area contributed by atoms with Crippen molar-refractivity contribution in [1.82, 2.24) is 15.5 Å². The zero-order valence-electron chi connectivity index (χ0n) is 24.7. The lowest BCUT2D eigenvalue weighted by Crippen LogP contribution is -2.59. The minimum atomic E-state index is -1.46. The molecular formula is C31H41Cl2N5O5S. The molecule has 5 rings (SSSR count). The number of nitrogens with one attached hydrogen (secondary N) is 2. The first-order chi connectivity index (χ1) is 21.3. The third-order valence-corrected chi connectivity index (χ3v) is 10.4. The van der Waals surface area contributed by atoms with Crippen LogP contribution in [0.1, 0.15) is 36.8 Å². The third-order valence-electron chi connectivity index (χ3n) is 8.59. The molecule has 5 N–H and O–H groups in total. The van der Waals surface area contributed by atoms with E-state index in [1.807, 2.05) is 29.2 Å². The number of thioether (sulfide) groups is 1. The van der Waals surface area contributed by atoms with Crippen LogP contribution in [0.25, 0.3) is 0 Å². The van der Waals surface area contributed by atoms with Gasteiger partial charge < -0.3 is 35.8 Å². The van der Waals surface area contributed by atoms with Crippen molar-refractivity contribution in [3.8, 4) is 0 Å². The lowest BCUT2D eigenvalue weighted by Gasteiger charge is -2.39. The standard InChI is InChI=1S/C31H41Cl2N5O5S/c32-24-14-22(25(33)13-21(24)5-3-4-10-34-30(43)35-31(17-39,18-40)19-41)15-36-20-44-16-28(36)29(42)38-12-11-37(23-8-9-23)26-6-1-2-7-27(26)38/h1-2,6-7,13-14,23,28,39-41H,3-5,8-12,15-20H2,(H2,34,35,43)/t28-/m0/s1. The average Bonchev–Trinajstić information content (AvgIpc) is 3.78. The molecule has 2 heterocycles. The fraction of sp³-hybridized carbons (Fsp3) is 0.548. The maximum absolute atomic E-state index is 13.9. The predicted molar refractivity (Wildman–Crippen MR) is 176 cm³/mol. The molecule has 13 heteroatoms. The van der Waals surface area contributed by atoms with E-state index in [2.05, 4.69) is 32.6 Å². The molecule has 10 nitrogen and oxygen atoms in total. The Hall–Kier alpha value is -2.25. The van der Waals surface area contributed by atoms with Crippen molar-refractivity contribution in [3.63, 3.8) is 0 Å². The van der Waals surface area contributed by atoms with Crippen LogP contribution in [0.3, 0.4) is 0 Å². The fourth-order valence-electron chi connectivity index (χ4n) is 5.78. The number of hydrogen-bond acceptors (Lipinski definition) is 8. The maximum atomic E-state index is 13.9. The van der Waals surface area contributed by atoms with Crippen molar-refractivity contribution in [2.45, 2.75) is 56.3 Å². The predicted octanol–water partition coefficient (Wildman–Crippen LogP) is 3.22. The number of amides is 3. The summed E-state index contributed by atoms with van der Waals surface area (Å²) in [6.45, 7) is 0.708. The van der Waals surface area contributed by atoms with Crippen molar-refractivity contribution in [1.29, 1.82) is 0 Å². The van der Waals surface area contributed by atoms with E-state index >= 15 is 0 Å². The number of anilines is 2. The van der Waals surface area contributed by atoms with Crippen LogP contribution >= 0.6 is 35.0 Å². The zero-order valence-corrected chi connectivity index (χ0v) is 27.0. The minimum absolute atomic E-state index is 0.133. The van der Waals surface area contributed by atoms with Crippen LogP contribution in [-0.4, -0.2) is 101 Å².